The lowest BCUT2D eigenvalue weighted by Crippen LogP contribution is -2.47. The Morgan fingerprint density at radius 2 is 1.27 bits per heavy atom. The first-order chi connectivity index (χ1) is 33.1. The number of aliphatic carboxylic acids is 1. The molecule has 0 aliphatic heterocycles. The maximum Gasteiger partial charge on any atom is 0.331 e. The molecule has 394 valence electrons. The van der Waals surface area contributed by atoms with Gasteiger partial charge in [0.25, 0.3) is 23.0 Å². The van der Waals surface area contributed by atoms with E-state index in [1.165, 1.54) is 0 Å². The Balaban J connectivity index is 0.000000303. The van der Waals surface area contributed by atoms with Crippen LogP contribution < -0.4 is 27.6 Å². The zero-order chi connectivity index (χ0) is 52.9. The predicted molar refractivity (Wildman–Crippen MR) is 295 cm³/mol. The van der Waals surface area contributed by atoms with Crippen molar-refractivity contribution in [2.24, 2.45) is 36.7 Å². The van der Waals surface area contributed by atoms with Crippen molar-refractivity contribution in [2.75, 3.05) is 5.32 Å². The second kappa shape index (κ2) is 24.6. The molecule has 5 heterocycles. The molecule has 2 aromatic carbocycles. The lowest BCUT2D eigenvalue weighted by Gasteiger charge is -2.39. The Hall–Kier alpha value is -7.06. The van der Waals surface area contributed by atoms with Crippen molar-refractivity contribution in [3.05, 3.63) is 122 Å². The monoisotopic (exact) mass is 1020 g/mol. The second-order valence-corrected chi connectivity index (χ2v) is 24.7. The van der Waals surface area contributed by atoms with Crippen LogP contribution in [0.4, 0.5) is 17.3 Å². The molecule has 0 bridgehead atoms. The zero-order valence-electron chi connectivity index (χ0n) is 43.3. The molecule has 0 unspecified atom stereocenters. The van der Waals surface area contributed by atoms with Crippen LogP contribution in [0.3, 0.4) is 0 Å². The van der Waals surface area contributed by atoms with Gasteiger partial charge in [0.2, 0.25) is 5.96 Å². The summed E-state index contributed by atoms with van der Waals surface area (Å²) < 4.78 is 14.3. The number of rotatable bonds is 11. The summed E-state index contributed by atoms with van der Waals surface area (Å²) in [6, 6.07) is 18.6. The van der Waals surface area contributed by atoms with Gasteiger partial charge in [-0.15, -0.1) is 0 Å². The van der Waals surface area contributed by atoms with Crippen molar-refractivity contribution in [3.8, 4) is 22.3 Å². The van der Waals surface area contributed by atoms with Gasteiger partial charge in [-0.2, -0.15) is 4.98 Å². The first-order valence-electron chi connectivity index (χ1n) is 23.2. The summed E-state index contributed by atoms with van der Waals surface area (Å²) in [6.07, 6.45) is 2.05. The number of nitrogens with one attached hydrogen (secondary N) is 2. The molecule has 2 atom stereocenters. The lowest BCUT2D eigenvalue weighted by atomic mass is 9.99. The highest BCUT2D eigenvalue weighted by molar-refractivity contribution is 6.74. The summed E-state index contributed by atoms with van der Waals surface area (Å²) in [5, 5.41) is 36.8. The molecule has 0 saturated carbocycles. The molecule has 0 aliphatic carbocycles. The van der Waals surface area contributed by atoms with Gasteiger partial charge in [-0.1, -0.05) is 75.5 Å². The van der Waals surface area contributed by atoms with Crippen molar-refractivity contribution in [2.45, 2.75) is 121 Å². The average Bonchev–Trinajstić information content (AvgIpc) is 3.77. The van der Waals surface area contributed by atoms with E-state index in [1.807, 2.05) is 104 Å². The predicted octanol–water partition coefficient (Wildman–Crippen LogP) is 10.6. The van der Waals surface area contributed by atoms with Crippen LogP contribution >= 0.6 is 0 Å². The molecule has 7 N–H and O–H groups in total. The Morgan fingerprint density at radius 1 is 0.781 bits per heavy atom. The molecule has 5 aromatic heterocycles. The topological polar surface area (TPSA) is 258 Å². The number of guanidine groups is 1. The number of fused-ring (bicyclic) bond motifs is 2. The van der Waals surface area contributed by atoms with Crippen LogP contribution in [0, 0.1) is 39.5 Å². The van der Waals surface area contributed by atoms with Gasteiger partial charge < -0.3 is 39.3 Å². The van der Waals surface area contributed by atoms with E-state index in [-0.39, 0.29) is 60.6 Å². The number of aliphatic hydroxyl groups is 1. The third-order valence-corrected chi connectivity index (χ3v) is 17.0. The number of carbonyl (C=O) groups is 1. The van der Waals surface area contributed by atoms with Gasteiger partial charge in [-0.25, -0.2) is 15.3 Å². The number of hydrogen-bond acceptors (Lipinski definition) is 13. The number of aromatic nitrogens is 6. The maximum absolute atomic E-state index is 13.1. The summed E-state index contributed by atoms with van der Waals surface area (Å²) in [6.45, 7) is 25.7. The third-order valence-electron chi connectivity index (χ3n) is 12.6. The first kappa shape index (κ1) is 60.2. The van der Waals surface area contributed by atoms with E-state index < -0.39 is 26.5 Å². The van der Waals surface area contributed by atoms with Gasteiger partial charge in [-0.3, -0.25) is 24.8 Å². The number of hydroxylamine groups is 1. The number of benzene rings is 2. The number of aryl methyl sites for hydroxylation is 6. The average molecular weight is 1020 g/mol. The van der Waals surface area contributed by atoms with Gasteiger partial charge in [0.15, 0.2) is 8.32 Å². The summed E-state index contributed by atoms with van der Waals surface area (Å²) in [4.78, 5) is 54.0. The molecule has 18 nitrogen and oxygen atoms in total. The number of anilines is 2. The number of carboxylic acids is 1. The number of hydrogen-bond donors (Lipinski definition) is 6. The number of aliphatic imine (C=N–C) groups is 1. The maximum atomic E-state index is 13.1. The Kier molecular flexibility index (Phi) is 20.3. The van der Waals surface area contributed by atoms with Gasteiger partial charge >= 0.3 is 5.97 Å². The molecule has 0 fully saturated rings. The summed E-state index contributed by atoms with van der Waals surface area (Å²) in [7, 11) is 1.54. The Morgan fingerprint density at radius 3 is 1.73 bits per heavy atom. The number of pyridine rings is 4. The highest BCUT2D eigenvalue weighted by Gasteiger charge is 2.41. The van der Waals surface area contributed by atoms with Crippen LogP contribution in [0.5, 0.6) is 0 Å². The van der Waals surface area contributed by atoms with Gasteiger partial charge in [0, 0.05) is 65.5 Å². The standard InChI is InChI=1S/C23H25N5O3.C18H19N5O2.C11H24O3Si.2CH4/c1-12(2)20(29)21-26-23(27-31-21)25-16-7-6-13(3)17(10-16)18-9-15-11-24-14(4)8-19(15)28(5)22(18)30;1-10-4-5-13(21-18(19)22-25)8-14(10)15-7-12-9-20-11(2)6-16(12)23(3)17(15)24;1-8(2)9(10(12)13)14-15(6,7)11(3,4)5;;/h6-12,20,29H,1-5H3,(H,25,27);4-9,25H,1-3H3,(H3,19,21,22);8-9H,1-7H3,(H,12,13);2*1H4/t20-;;9-;;/m1.1../s1. The molecule has 7 rings (SSSR count). The molecule has 0 spiro atoms. The smallest absolute Gasteiger partial charge is 0.331 e. The fourth-order valence-corrected chi connectivity index (χ4v) is 8.59. The van der Waals surface area contributed by atoms with E-state index in [4.69, 9.17) is 25.0 Å². The molecule has 19 heteroatoms. The minimum absolute atomic E-state index is 0. The van der Waals surface area contributed by atoms with Crippen LogP contribution in [0.15, 0.2) is 92.2 Å². The molecule has 0 saturated heterocycles. The van der Waals surface area contributed by atoms with Crippen molar-refractivity contribution >= 4 is 59.4 Å². The molecule has 7 aromatic rings. The van der Waals surface area contributed by atoms with Crippen LogP contribution in [-0.2, 0) is 23.3 Å². The van der Waals surface area contributed by atoms with E-state index in [0.717, 1.165) is 55.4 Å². The SMILES string of the molecule is C.C.CC(C)[C@@H](O[Si](C)(C)C(C)(C)C)C(=O)O.Cc1cc2c(cn1)cc(-c1cc(N=C(N)NO)ccc1C)c(=O)n2C.Cc1cc2c(cn1)cc(-c1cc(Nc3noc([C@H](O)C(C)C)n3)ccc1C)c(=O)n2C. The van der Waals surface area contributed by atoms with E-state index in [0.29, 0.717) is 22.5 Å². The summed E-state index contributed by atoms with van der Waals surface area (Å²) >= 11 is 0. The summed E-state index contributed by atoms with van der Waals surface area (Å²) in [5.41, 5.74) is 16.3. The van der Waals surface area contributed by atoms with Crippen molar-refractivity contribution in [1.82, 2.24) is 34.7 Å². The Bertz CT molecular complexity index is 3210. The molecule has 73 heavy (non-hydrogen) atoms. The zero-order valence-corrected chi connectivity index (χ0v) is 44.3. The van der Waals surface area contributed by atoms with Crippen molar-refractivity contribution in [1.29, 1.82) is 0 Å². The highest BCUT2D eigenvalue weighted by Crippen LogP contribution is 2.38. The number of nitrogens with zero attached hydrogens (tertiary/aromatic N) is 7. The van der Waals surface area contributed by atoms with E-state index >= 15 is 0 Å². The normalized spacial score (nSPS) is 12.5. The second-order valence-electron chi connectivity index (χ2n) is 19.9. The van der Waals surface area contributed by atoms with E-state index in [9.17, 15) is 19.5 Å². The largest absolute Gasteiger partial charge is 0.479 e. The van der Waals surface area contributed by atoms with Gasteiger partial charge in [0.1, 0.15) is 12.2 Å². The van der Waals surface area contributed by atoms with Crippen LogP contribution in [0.25, 0.3) is 44.1 Å². The molecule has 0 radical (unpaired) electrons. The van der Waals surface area contributed by atoms with Crippen LogP contribution in [-0.4, -0.2) is 71.0 Å². The number of nitrogens with two attached hydrogens (primary N) is 1. The van der Waals surface area contributed by atoms with Gasteiger partial charge in [-0.05, 0) is 134 Å². The molecular weight excluding hydrogens is 945 g/mol. The van der Waals surface area contributed by atoms with Crippen molar-refractivity contribution < 1.29 is 29.2 Å². The quantitative estimate of drug-likeness (QED) is 0.0305. The fourth-order valence-electron chi connectivity index (χ4n) is 7.23. The number of carboxylic acid groups (broad SMARTS) is 1. The highest BCUT2D eigenvalue weighted by atomic mass is 28.4. The Labute approximate surface area is 429 Å². The molecule has 0 aliphatic rings. The molecular formula is C54H76N10O8Si. The minimum Gasteiger partial charge on any atom is -0.479 e. The van der Waals surface area contributed by atoms with Crippen molar-refractivity contribution in [3.63, 3.8) is 0 Å². The third kappa shape index (κ3) is 14.3. The van der Waals surface area contributed by atoms with Crippen LogP contribution in [0.2, 0.25) is 18.1 Å². The van der Waals surface area contributed by atoms with E-state index in [2.05, 4.69) is 64.3 Å². The lowest BCUT2D eigenvalue weighted by molar-refractivity contribution is -0.147. The van der Waals surface area contributed by atoms with Gasteiger partial charge in [0.05, 0.1) is 16.7 Å². The molecule has 0 amide bonds. The first-order valence-corrected chi connectivity index (χ1v) is 26.1. The van der Waals surface area contributed by atoms with Crippen LogP contribution in [0.1, 0.15) is 97.8 Å². The van der Waals surface area contributed by atoms with E-state index in [1.54, 1.807) is 53.2 Å². The fraction of sp³-hybridized carbons (Fsp3) is 0.407. The minimum atomic E-state index is -1.97. The summed E-state index contributed by atoms with van der Waals surface area (Å²) in [5.74, 6) is -0.597. The number of aliphatic hydroxyl groups excluding tert-OH is 1.